The summed E-state index contributed by atoms with van der Waals surface area (Å²) in [5, 5.41) is 6.57. The molecular formula is C26H35N3O3. The second kappa shape index (κ2) is 15.6. The third-order valence-corrected chi connectivity index (χ3v) is 4.98. The molecule has 32 heavy (non-hydrogen) atoms. The van der Waals surface area contributed by atoms with E-state index in [1.807, 2.05) is 54.6 Å². The van der Waals surface area contributed by atoms with Crippen LogP contribution in [0.2, 0.25) is 0 Å². The van der Waals surface area contributed by atoms with Crippen LogP contribution in [0.25, 0.3) is 0 Å². The van der Waals surface area contributed by atoms with Crippen LogP contribution in [0.1, 0.15) is 69.4 Å². The van der Waals surface area contributed by atoms with Crippen LogP contribution in [0.5, 0.6) is 5.75 Å². The van der Waals surface area contributed by atoms with E-state index in [1.54, 1.807) is 6.21 Å². The van der Waals surface area contributed by atoms with Crippen LogP contribution in [-0.2, 0) is 16.2 Å². The molecule has 0 aliphatic rings. The lowest BCUT2D eigenvalue weighted by atomic mass is 10.1. The first-order valence-electron chi connectivity index (χ1n) is 11.5. The molecule has 0 unspecified atom stereocenters. The first kappa shape index (κ1) is 25.1. The van der Waals surface area contributed by atoms with Crippen LogP contribution in [0.3, 0.4) is 0 Å². The summed E-state index contributed by atoms with van der Waals surface area (Å²) in [4.78, 5) is 23.6. The van der Waals surface area contributed by atoms with Gasteiger partial charge in [-0.05, 0) is 41.8 Å². The zero-order chi connectivity index (χ0) is 22.9. The second-order valence-electron chi connectivity index (χ2n) is 7.78. The molecule has 2 aromatic rings. The number of ether oxygens (including phenoxy) is 1. The van der Waals surface area contributed by atoms with Gasteiger partial charge >= 0.3 is 0 Å². The number of rotatable bonds is 15. The highest BCUT2D eigenvalue weighted by Crippen LogP contribution is 2.13. The fraction of sp³-hybridized carbons (Fsp3) is 0.423. The zero-order valence-corrected chi connectivity index (χ0v) is 19.0. The van der Waals surface area contributed by atoms with E-state index in [-0.39, 0.29) is 18.4 Å². The minimum absolute atomic E-state index is 0.0705. The number of carbonyl (C=O) groups is 2. The topological polar surface area (TPSA) is 79.8 Å². The van der Waals surface area contributed by atoms with Gasteiger partial charge in [0.05, 0.1) is 12.8 Å². The SMILES string of the molecule is CCCCCCCCCC(=O)NCC(=O)N/N=C/c1ccc(OCc2ccccc2)cc1. The molecule has 0 saturated heterocycles. The Hall–Kier alpha value is -3.15. The highest BCUT2D eigenvalue weighted by molar-refractivity contribution is 5.86. The third kappa shape index (κ3) is 11.3. The minimum Gasteiger partial charge on any atom is -0.489 e. The highest BCUT2D eigenvalue weighted by Gasteiger charge is 2.04. The Labute approximate surface area is 191 Å². The van der Waals surface area contributed by atoms with Crippen molar-refractivity contribution in [1.29, 1.82) is 0 Å². The first-order valence-corrected chi connectivity index (χ1v) is 11.5. The highest BCUT2D eigenvalue weighted by atomic mass is 16.5. The average Bonchev–Trinajstić information content (AvgIpc) is 2.82. The number of nitrogens with zero attached hydrogens (tertiary/aromatic N) is 1. The Balaban J connectivity index is 1.57. The molecule has 2 N–H and O–H groups in total. The first-order chi connectivity index (χ1) is 15.7. The van der Waals surface area contributed by atoms with E-state index in [0.29, 0.717) is 13.0 Å². The molecule has 6 nitrogen and oxygen atoms in total. The molecule has 0 radical (unpaired) electrons. The summed E-state index contributed by atoms with van der Waals surface area (Å²) in [5.74, 6) is 0.319. The number of carbonyl (C=O) groups excluding carboxylic acids is 2. The van der Waals surface area contributed by atoms with Gasteiger partial charge in [0, 0.05) is 6.42 Å². The van der Waals surface area contributed by atoms with E-state index in [0.717, 1.165) is 29.7 Å². The molecule has 0 fully saturated rings. The molecule has 6 heteroatoms. The summed E-state index contributed by atoms with van der Waals surface area (Å²) in [6, 6.07) is 17.4. The molecule has 0 aliphatic carbocycles. The lowest BCUT2D eigenvalue weighted by Crippen LogP contribution is -2.34. The van der Waals surface area contributed by atoms with Gasteiger partial charge in [0.15, 0.2) is 0 Å². The molecule has 0 atom stereocenters. The molecular weight excluding hydrogens is 402 g/mol. The monoisotopic (exact) mass is 437 g/mol. The van der Waals surface area contributed by atoms with Gasteiger partial charge in [-0.1, -0.05) is 75.8 Å². The van der Waals surface area contributed by atoms with E-state index in [2.05, 4.69) is 22.8 Å². The van der Waals surface area contributed by atoms with E-state index in [4.69, 9.17) is 4.74 Å². The van der Waals surface area contributed by atoms with E-state index in [1.165, 1.54) is 32.1 Å². The molecule has 0 aliphatic heterocycles. The van der Waals surface area contributed by atoms with Crippen LogP contribution in [0.4, 0.5) is 0 Å². The number of amides is 2. The minimum atomic E-state index is -0.350. The summed E-state index contributed by atoms with van der Waals surface area (Å²) in [6.07, 6.45) is 10.1. The Morgan fingerprint density at radius 3 is 2.28 bits per heavy atom. The molecule has 2 amide bonds. The Kier molecular flexibility index (Phi) is 12.3. The maximum atomic E-state index is 11.8. The van der Waals surface area contributed by atoms with Crippen molar-refractivity contribution in [3.05, 3.63) is 65.7 Å². The molecule has 0 saturated carbocycles. The number of unbranched alkanes of at least 4 members (excludes halogenated alkanes) is 6. The van der Waals surface area contributed by atoms with Crippen molar-refractivity contribution in [1.82, 2.24) is 10.7 Å². The van der Waals surface area contributed by atoms with Crippen LogP contribution < -0.4 is 15.5 Å². The summed E-state index contributed by atoms with van der Waals surface area (Å²) in [6.45, 7) is 2.64. The van der Waals surface area contributed by atoms with Crippen molar-refractivity contribution in [2.24, 2.45) is 5.10 Å². The largest absolute Gasteiger partial charge is 0.489 e. The summed E-state index contributed by atoms with van der Waals surface area (Å²) < 4.78 is 5.75. The quantitative estimate of drug-likeness (QED) is 0.234. The fourth-order valence-corrected chi connectivity index (χ4v) is 3.12. The lowest BCUT2D eigenvalue weighted by Gasteiger charge is -2.06. The van der Waals surface area contributed by atoms with E-state index >= 15 is 0 Å². The van der Waals surface area contributed by atoms with Crippen LogP contribution >= 0.6 is 0 Å². The van der Waals surface area contributed by atoms with E-state index < -0.39 is 0 Å². The molecule has 172 valence electrons. The number of hydrazone groups is 1. The summed E-state index contributed by atoms with van der Waals surface area (Å²) >= 11 is 0. The van der Waals surface area contributed by atoms with Crippen molar-refractivity contribution >= 4 is 18.0 Å². The average molecular weight is 438 g/mol. The second-order valence-corrected chi connectivity index (χ2v) is 7.78. The van der Waals surface area contributed by atoms with Gasteiger partial charge in [-0.3, -0.25) is 9.59 Å². The van der Waals surface area contributed by atoms with Gasteiger partial charge in [0.2, 0.25) is 5.91 Å². The van der Waals surface area contributed by atoms with Crippen molar-refractivity contribution in [2.45, 2.75) is 64.9 Å². The van der Waals surface area contributed by atoms with Gasteiger partial charge in [-0.25, -0.2) is 5.43 Å². The number of benzene rings is 2. The Bertz CT molecular complexity index is 820. The summed E-state index contributed by atoms with van der Waals surface area (Å²) in [5.41, 5.74) is 4.37. The molecule has 0 bridgehead atoms. The van der Waals surface area contributed by atoms with Crippen molar-refractivity contribution in [3.8, 4) is 5.75 Å². The normalized spacial score (nSPS) is 10.8. The Morgan fingerprint density at radius 2 is 1.56 bits per heavy atom. The smallest absolute Gasteiger partial charge is 0.259 e. The van der Waals surface area contributed by atoms with Crippen LogP contribution in [-0.4, -0.2) is 24.6 Å². The summed E-state index contributed by atoms with van der Waals surface area (Å²) in [7, 11) is 0. The maximum absolute atomic E-state index is 11.8. The number of hydrogen-bond donors (Lipinski definition) is 2. The van der Waals surface area contributed by atoms with Gasteiger partial charge in [0.25, 0.3) is 5.91 Å². The maximum Gasteiger partial charge on any atom is 0.259 e. The zero-order valence-electron chi connectivity index (χ0n) is 19.0. The predicted molar refractivity (Wildman–Crippen MR) is 129 cm³/mol. The Morgan fingerprint density at radius 1 is 0.875 bits per heavy atom. The molecule has 0 spiro atoms. The van der Waals surface area contributed by atoms with Gasteiger partial charge < -0.3 is 10.1 Å². The molecule has 2 aromatic carbocycles. The van der Waals surface area contributed by atoms with E-state index in [9.17, 15) is 9.59 Å². The van der Waals surface area contributed by atoms with Crippen molar-refractivity contribution in [2.75, 3.05) is 6.54 Å². The molecule has 0 aromatic heterocycles. The standard InChI is InChI=1S/C26H35N3O3/c1-2-3-4-5-6-7-11-14-25(30)27-20-26(31)29-28-19-22-15-17-24(18-16-22)32-21-23-12-9-8-10-13-23/h8-10,12-13,15-19H,2-7,11,14,20-21H2,1H3,(H,27,30)(H,29,31)/b28-19+. The van der Waals surface area contributed by atoms with Crippen LogP contribution in [0, 0.1) is 0 Å². The van der Waals surface area contributed by atoms with Gasteiger partial charge in [-0.2, -0.15) is 5.10 Å². The number of hydrogen-bond acceptors (Lipinski definition) is 4. The lowest BCUT2D eigenvalue weighted by molar-refractivity contribution is -0.126. The van der Waals surface area contributed by atoms with Gasteiger partial charge in [0.1, 0.15) is 12.4 Å². The predicted octanol–water partition coefficient (Wildman–Crippen LogP) is 4.97. The van der Waals surface area contributed by atoms with Crippen LogP contribution in [0.15, 0.2) is 59.7 Å². The number of nitrogens with one attached hydrogen (secondary N) is 2. The third-order valence-electron chi connectivity index (χ3n) is 4.98. The van der Waals surface area contributed by atoms with Gasteiger partial charge in [-0.15, -0.1) is 0 Å². The fourth-order valence-electron chi connectivity index (χ4n) is 3.12. The van der Waals surface area contributed by atoms with Crippen molar-refractivity contribution < 1.29 is 14.3 Å². The molecule has 0 heterocycles. The van der Waals surface area contributed by atoms with Crippen molar-refractivity contribution in [3.63, 3.8) is 0 Å². The molecule has 2 rings (SSSR count).